The summed E-state index contributed by atoms with van der Waals surface area (Å²) in [5, 5.41) is 11.9. The van der Waals surface area contributed by atoms with E-state index in [0.29, 0.717) is 37.9 Å². The van der Waals surface area contributed by atoms with E-state index >= 15 is 0 Å². The second kappa shape index (κ2) is 6.70. The summed E-state index contributed by atoms with van der Waals surface area (Å²) in [7, 11) is 0. The average molecular weight is 383 g/mol. The Balaban J connectivity index is 1.53. The Morgan fingerprint density at radius 2 is 1.89 bits per heavy atom. The zero-order valence-electron chi connectivity index (χ0n) is 14.0. The van der Waals surface area contributed by atoms with E-state index < -0.39 is 18.1 Å². The summed E-state index contributed by atoms with van der Waals surface area (Å²) in [6, 6.07) is 1.69. The Hall–Kier alpha value is -2.86. The number of nitrogens with one attached hydrogen (secondary N) is 1. The van der Waals surface area contributed by atoms with Crippen LogP contribution >= 0.6 is 0 Å². The van der Waals surface area contributed by atoms with Crippen molar-refractivity contribution in [1.82, 2.24) is 24.9 Å². The maximum Gasteiger partial charge on any atom is 0.434 e. The molecular formula is C15H16F3N7O2. The lowest BCUT2D eigenvalue weighted by Gasteiger charge is -2.29. The number of aliphatic hydroxyl groups excluding tert-OH is 1. The first-order valence-corrected chi connectivity index (χ1v) is 8.13. The third-order valence-electron chi connectivity index (χ3n) is 4.25. The molecule has 2 aromatic rings. The number of alkyl halides is 3. The number of aliphatic hydroxyl groups is 1. The van der Waals surface area contributed by atoms with Crippen molar-refractivity contribution in [1.29, 1.82) is 0 Å². The lowest BCUT2D eigenvalue weighted by molar-refractivity contribution is -0.140. The van der Waals surface area contributed by atoms with Crippen LogP contribution in [0.2, 0.25) is 0 Å². The van der Waals surface area contributed by atoms with Gasteiger partial charge in [0.15, 0.2) is 17.7 Å². The molecule has 4 rings (SSSR count). The molecule has 4 heterocycles. The Bertz CT molecular complexity index is 848. The fourth-order valence-electron chi connectivity index (χ4n) is 2.86. The number of halogens is 3. The monoisotopic (exact) mass is 383 g/mol. The molecule has 0 bridgehead atoms. The number of aromatic nitrogens is 4. The van der Waals surface area contributed by atoms with Crippen molar-refractivity contribution in [3.05, 3.63) is 36.8 Å². The Labute approximate surface area is 151 Å². The number of morpholine rings is 1. The van der Waals surface area contributed by atoms with Gasteiger partial charge in [0.1, 0.15) is 12.1 Å². The first-order chi connectivity index (χ1) is 12.9. The van der Waals surface area contributed by atoms with Crippen molar-refractivity contribution in [3.8, 4) is 0 Å². The van der Waals surface area contributed by atoms with Gasteiger partial charge in [0, 0.05) is 31.6 Å². The summed E-state index contributed by atoms with van der Waals surface area (Å²) in [5.74, 6) is 1.05. The van der Waals surface area contributed by atoms with Gasteiger partial charge in [0.05, 0.1) is 25.2 Å². The van der Waals surface area contributed by atoms with E-state index in [4.69, 9.17) is 4.74 Å². The van der Waals surface area contributed by atoms with Crippen LogP contribution in [0.1, 0.15) is 5.69 Å². The van der Waals surface area contributed by atoms with Crippen molar-refractivity contribution < 1.29 is 23.0 Å². The molecule has 2 N–H and O–H groups in total. The molecule has 27 heavy (non-hydrogen) atoms. The molecule has 1 atom stereocenters. The number of imidazole rings is 1. The van der Waals surface area contributed by atoms with Crippen LogP contribution in [-0.4, -0.2) is 57.2 Å². The number of hydrogen-bond acceptors (Lipinski definition) is 8. The standard InChI is InChI=1S/C15H16F3N7O2/c16-15(17,18)11-7-24(9-21-11)10-6-22-25(14(10)26)13-5-12(19-8-20-13)23-1-3-27-4-2-23/h5-9,14,22,26H,1-4H2. The molecule has 2 aliphatic heterocycles. The van der Waals surface area contributed by atoms with Crippen LogP contribution in [-0.2, 0) is 10.9 Å². The molecule has 0 aliphatic carbocycles. The van der Waals surface area contributed by atoms with E-state index in [0.717, 1.165) is 17.1 Å². The zero-order valence-corrected chi connectivity index (χ0v) is 14.0. The van der Waals surface area contributed by atoms with Gasteiger partial charge in [-0.2, -0.15) is 13.2 Å². The van der Waals surface area contributed by atoms with E-state index in [1.165, 1.54) is 17.5 Å². The van der Waals surface area contributed by atoms with Crippen molar-refractivity contribution in [2.45, 2.75) is 12.4 Å². The van der Waals surface area contributed by atoms with Gasteiger partial charge in [0.2, 0.25) is 0 Å². The molecule has 0 spiro atoms. The minimum absolute atomic E-state index is 0.185. The Morgan fingerprint density at radius 3 is 2.59 bits per heavy atom. The van der Waals surface area contributed by atoms with Crippen LogP contribution in [0.4, 0.5) is 24.8 Å². The van der Waals surface area contributed by atoms with Crippen LogP contribution in [0.3, 0.4) is 0 Å². The zero-order chi connectivity index (χ0) is 19.0. The van der Waals surface area contributed by atoms with Gasteiger partial charge >= 0.3 is 6.18 Å². The average Bonchev–Trinajstić information content (AvgIpc) is 3.29. The third-order valence-corrected chi connectivity index (χ3v) is 4.25. The van der Waals surface area contributed by atoms with E-state index in [1.54, 1.807) is 6.07 Å². The van der Waals surface area contributed by atoms with Crippen molar-refractivity contribution in [2.24, 2.45) is 0 Å². The molecule has 0 radical (unpaired) electrons. The van der Waals surface area contributed by atoms with Crippen LogP contribution in [0.15, 0.2) is 31.1 Å². The summed E-state index contributed by atoms with van der Waals surface area (Å²) in [6.45, 7) is 2.56. The van der Waals surface area contributed by atoms with Gasteiger partial charge in [0.25, 0.3) is 0 Å². The normalized spacial score (nSPS) is 20.6. The summed E-state index contributed by atoms with van der Waals surface area (Å²) < 4.78 is 44.6. The molecule has 144 valence electrons. The topological polar surface area (TPSA) is 91.6 Å². The Morgan fingerprint density at radius 1 is 1.15 bits per heavy atom. The summed E-state index contributed by atoms with van der Waals surface area (Å²) in [6.07, 6.45) is -1.23. The van der Waals surface area contributed by atoms with Crippen molar-refractivity contribution in [2.75, 3.05) is 36.2 Å². The van der Waals surface area contributed by atoms with Gasteiger partial charge in [-0.25, -0.2) is 20.0 Å². The van der Waals surface area contributed by atoms with E-state index in [1.807, 2.05) is 4.90 Å². The number of rotatable bonds is 3. The van der Waals surface area contributed by atoms with Crippen LogP contribution in [0.25, 0.3) is 5.70 Å². The highest BCUT2D eigenvalue weighted by Gasteiger charge is 2.35. The molecule has 0 amide bonds. The minimum Gasteiger partial charge on any atom is -0.378 e. The van der Waals surface area contributed by atoms with Crippen LogP contribution < -0.4 is 15.3 Å². The molecule has 1 unspecified atom stereocenters. The lowest BCUT2D eigenvalue weighted by atomic mass is 10.3. The number of ether oxygens (including phenoxy) is 1. The van der Waals surface area contributed by atoms with Gasteiger partial charge < -0.3 is 19.3 Å². The molecule has 12 heteroatoms. The minimum atomic E-state index is -4.55. The number of hydrogen-bond donors (Lipinski definition) is 2. The highest BCUT2D eigenvalue weighted by atomic mass is 19.4. The molecule has 1 saturated heterocycles. The number of nitrogens with zero attached hydrogens (tertiary/aromatic N) is 6. The largest absolute Gasteiger partial charge is 0.434 e. The first kappa shape index (κ1) is 17.5. The number of anilines is 2. The molecular weight excluding hydrogens is 367 g/mol. The van der Waals surface area contributed by atoms with Crippen molar-refractivity contribution >= 4 is 17.3 Å². The highest BCUT2D eigenvalue weighted by Crippen LogP contribution is 2.30. The maximum atomic E-state index is 12.7. The summed E-state index contributed by atoms with van der Waals surface area (Å²) >= 11 is 0. The molecule has 0 saturated carbocycles. The summed E-state index contributed by atoms with van der Waals surface area (Å²) in [5.41, 5.74) is 1.96. The molecule has 2 aliphatic rings. The number of hydrazine groups is 1. The van der Waals surface area contributed by atoms with E-state index in [9.17, 15) is 18.3 Å². The van der Waals surface area contributed by atoms with E-state index in [-0.39, 0.29) is 5.70 Å². The predicted octanol–water partition coefficient (Wildman–Crippen LogP) is 0.670. The highest BCUT2D eigenvalue weighted by molar-refractivity contribution is 5.62. The molecule has 9 nitrogen and oxygen atoms in total. The van der Waals surface area contributed by atoms with E-state index in [2.05, 4.69) is 20.4 Å². The SMILES string of the molecule is OC1C(n2cnc(C(F)(F)F)c2)=CNN1c1cc(N2CCOCC2)ncn1. The first-order valence-electron chi connectivity index (χ1n) is 8.13. The second-order valence-corrected chi connectivity index (χ2v) is 5.94. The Kier molecular flexibility index (Phi) is 4.36. The van der Waals surface area contributed by atoms with Gasteiger partial charge in [-0.3, -0.25) is 5.43 Å². The smallest absolute Gasteiger partial charge is 0.378 e. The third kappa shape index (κ3) is 3.40. The van der Waals surface area contributed by atoms with Crippen LogP contribution in [0.5, 0.6) is 0 Å². The van der Waals surface area contributed by atoms with Crippen LogP contribution in [0, 0.1) is 0 Å². The second-order valence-electron chi connectivity index (χ2n) is 5.94. The fraction of sp³-hybridized carbons (Fsp3) is 0.400. The van der Waals surface area contributed by atoms with Gasteiger partial charge in [-0.05, 0) is 0 Å². The molecule has 1 fully saturated rings. The molecule has 0 aromatic carbocycles. The maximum absolute atomic E-state index is 12.7. The van der Waals surface area contributed by atoms with Gasteiger partial charge in [-0.1, -0.05) is 0 Å². The quantitative estimate of drug-likeness (QED) is 0.799. The summed E-state index contributed by atoms with van der Waals surface area (Å²) in [4.78, 5) is 13.7. The fourth-order valence-corrected chi connectivity index (χ4v) is 2.86. The van der Waals surface area contributed by atoms with Crippen molar-refractivity contribution in [3.63, 3.8) is 0 Å². The predicted molar refractivity (Wildman–Crippen MR) is 88.2 cm³/mol. The lowest BCUT2D eigenvalue weighted by Crippen LogP contribution is -2.40. The molecule has 2 aromatic heterocycles. The van der Waals surface area contributed by atoms with Gasteiger partial charge in [-0.15, -0.1) is 0 Å².